The van der Waals surface area contributed by atoms with Gasteiger partial charge in [0.2, 0.25) is 0 Å². The third-order valence-corrected chi connectivity index (χ3v) is 11.5. The van der Waals surface area contributed by atoms with E-state index in [1.807, 2.05) is 0 Å². The van der Waals surface area contributed by atoms with Crippen molar-refractivity contribution >= 4 is 7.28 Å². The van der Waals surface area contributed by atoms with E-state index < -0.39 is 7.28 Å². The van der Waals surface area contributed by atoms with Gasteiger partial charge in [-0.1, -0.05) is 77.6 Å². The van der Waals surface area contributed by atoms with Crippen LogP contribution in [0.4, 0.5) is 0 Å². The second kappa shape index (κ2) is 35.1. The van der Waals surface area contributed by atoms with E-state index in [1.54, 1.807) is 0 Å². The fraction of sp³-hybridized carbons (Fsp3) is 1.00. The summed E-state index contributed by atoms with van der Waals surface area (Å²) in [5.74, 6) is 0. The zero-order valence-electron chi connectivity index (χ0n) is 30.1. The first-order valence-electron chi connectivity index (χ1n) is 19.8. The van der Waals surface area contributed by atoms with E-state index in [0.29, 0.717) is 0 Å². The topological polar surface area (TPSA) is 86.7 Å². The Hall–Kier alpha value is 0.270. The SMILES string of the molecule is CCCCCCCCCCCCCCN.CCCCCCCCCCCCP(O)(O)(O)CCCCCCCCCCCC. The standard InChI is InChI=1S/C24H53O3P.C14H31N/c1-3-5-7-9-11-13-15-17-19-21-23-28(25,26,27)24-22-20-18-16-14-12-10-8-6-4-2;1-2-3-4-5-6-7-8-9-10-11-12-13-14-15/h25-27H,3-24H2,1-2H3;2-15H2,1H3. The Labute approximate surface area is 272 Å². The van der Waals surface area contributed by atoms with Crippen molar-refractivity contribution in [2.75, 3.05) is 18.9 Å². The van der Waals surface area contributed by atoms with Gasteiger partial charge in [-0.3, -0.25) is 0 Å². The van der Waals surface area contributed by atoms with Crippen molar-refractivity contribution in [3.8, 4) is 0 Å². The van der Waals surface area contributed by atoms with Crippen LogP contribution in [0.1, 0.15) is 226 Å². The number of rotatable bonds is 34. The summed E-state index contributed by atoms with van der Waals surface area (Å²) in [4.78, 5) is 30.8. The van der Waals surface area contributed by atoms with Gasteiger partial charge in [-0.2, -0.15) is 0 Å². The summed E-state index contributed by atoms with van der Waals surface area (Å²) in [5, 5.41) is 0. The van der Waals surface area contributed by atoms with Crippen molar-refractivity contribution in [2.45, 2.75) is 226 Å². The summed E-state index contributed by atoms with van der Waals surface area (Å²) < 4.78 is 0. The molecule has 0 radical (unpaired) electrons. The normalized spacial score (nSPS) is 12.6. The van der Waals surface area contributed by atoms with E-state index >= 15 is 0 Å². The number of hydrogen-bond acceptors (Lipinski definition) is 4. The molecule has 0 aliphatic heterocycles. The molecule has 0 unspecified atom stereocenters. The first-order valence-corrected chi connectivity index (χ1v) is 22.2. The van der Waals surface area contributed by atoms with Gasteiger partial charge in [0.1, 0.15) is 0 Å². The van der Waals surface area contributed by atoms with Gasteiger partial charge in [-0.25, -0.2) is 0 Å². The van der Waals surface area contributed by atoms with E-state index in [-0.39, 0.29) is 12.3 Å². The monoisotopic (exact) mass is 634 g/mol. The quantitative estimate of drug-likeness (QED) is 0.0419. The van der Waals surface area contributed by atoms with Crippen molar-refractivity contribution in [3.63, 3.8) is 0 Å². The van der Waals surface area contributed by atoms with Crippen LogP contribution in [0.25, 0.3) is 0 Å². The molecule has 43 heavy (non-hydrogen) atoms. The van der Waals surface area contributed by atoms with Gasteiger partial charge in [0.15, 0.2) is 0 Å². The molecule has 0 aliphatic carbocycles. The molecular formula is C38H84NO3P. The Morgan fingerprint density at radius 1 is 0.302 bits per heavy atom. The van der Waals surface area contributed by atoms with Crippen LogP contribution < -0.4 is 5.73 Å². The van der Waals surface area contributed by atoms with Gasteiger partial charge < -0.3 is 5.73 Å². The van der Waals surface area contributed by atoms with E-state index in [2.05, 4.69) is 20.8 Å². The first kappa shape index (κ1) is 45.4. The summed E-state index contributed by atoms with van der Waals surface area (Å²) in [6.07, 6.45) is 41.6. The van der Waals surface area contributed by atoms with E-state index in [1.165, 1.54) is 167 Å². The molecule has 0 fully saturated rings. The fourth-order valence-electron chi connectivity index (χ4n) is 5.94. The van der Waals surface area contributed by atoms with Gasteiger partial charge in [-0.15, -0.1) is 0 Å². The summed E-state index contributed by atoms with van der Waals surface area (Å²) in [6.45, 7) is 7.64. The van der Waals surface area contributed by atoms with Crippen LogP contribution in [-0.2, 0) is 0 Å². The van der Waals surface area contributed by atoms with Gasteiger partial charge in [-0.05, 0) is 13.0 Å². The van der Waals surface area contributed by atoms with Crippen LogP contribution >= 0.6 is 7.28 Å². The molecule has 5 N–H and O–H groups in total. The third-order valence-electron chi connectivity index (χ3n) is 9.00. The molecular weight excluding hydrogens is 549 g/mol. The molecule has 5 heteroatoms. The zero-order chi connectivity index (χ0) is 32.2. The Balaban J connectivity index is 0. The van der Waals surface area contributed by atoms with Gasteiger partial charge >= 0.3 is 177 Å². The predicted octanol–water partition coefficient (Wildman–Crippen LogP) is 12.7. The predicted molar refractivity (Wildman–Crippen MR) is 197 cm³/mol. The summed E-state index contributed by atoms with van der Waals surface area (Å²) >= 11 is 0. The zero-order valence-corrected chi connectivity index (χ0v) is 31.0. The third kappa shape index (κ3) is 42.3. The maximum atomic E-state index is 10.3. The van der Waals surface area contributed by atoms with E-state index in [9.17, 15) is 14.7 Å². The fourth-order valence-corrected chi connectivity index (χ4v) is 7.91. The van der Waals surface area contributed by atoms with Crippen LogP contribution in [-0.4, -0.2) is 33.5 Å². The Morgan fingerprint density at radius 3 is 0.698 bits per heavy atom. The minimum absolute atomic E-state index is 0.208. The molecule has 0 rings (SSSR count). The van der Waals surface area contributed by atoms with Crippen molar-refractivity contribution in [2.24, 2.45) is 5.73 Å². The Kier molecular flexibility index (Phi) is 37.1. The molecule has 0 bridgehead atoms. The summed E-state index contributed by atoms with van der Waals surface area (Å²) in [7, 11) is -4.36. The molecule has 0 aromatic carbocycles. The molecule has 0 aromatic heterocycles. The Morgan fingerprint density at radius 2 is 0.488 bits per heavy atom. The van der Waals surface area contributed by atoms with Crippen LogP contribution in [0.3, 0.4) is 0 Å². The molecule has 0 amide bonds. The van der Waals surface area contributed by atoms with Gasteiger partial charge in [0.25, 0.3) is 0 Å². The van der Waals surface area contributed by atoms with Crippen LogP contribution in [0.5, 0.6) is 0 Å². The Bertz CT molecular complexity index is 469. The number of unbranched alkanes of at least 4 members (excludes halogenated alkanes) is 29. The average molecular weight is 634 g/mol. The van der Waals surface area contributed by atoms with Crippen molar-refractivity contribution < 1.29 is 14.7 Å². The molecule has 0 heterocycles. The van der Waals surface area contributed by atoms with Crippen molar-refractivity contribution in [1.82, 2.24) is 0 Å². The van der Waals surface area contributed by atoms with Crippen LogP contribution in [0.2, 0.25) is 0 Å². The molecule has 0 atom stereocenters. The average Bonchev–Trinajstić information content (AvgIpc) is 2.98. The molecule has 0 aliphatic rings. The first-order chi connectivity index (χ1) is 20.8. The molecule has 0 saturated heterocycles. The van der Waals surface area contributed by atoms with Crippen molar-refractivity contribution in [1.29, 1.82) is 0 Å². The second-order valence-corrected chi connectivity index (χ2v) is 17.4. The molecule has 0 saturated carbocycles. The summed E-state index contributed by atoms with van der Waals surface area (Å²) in [6, 6.07) is 0. The summed E-state index contributed by atoms with van der Waals surface area (Å²) in [5.41, 5.74) is 5.45. The van der Waals surface area contributed by atoms with Crippen LogP contribution in [0, 0.1) is 0 Å². The van der Waals surface area contributed by atoms with Crippen LogP contribution in [0.15, 0.2) is 0 Å². The molecule has 4 nitrogen and oxygen atoms in total. The van der Waals surface area contributed by atoms with Gasteiger partial charge in [0.05, 0.1) is 0 Å². The van der Waals surface area contributed by atoms with Gasteiger partial charge in [0, 0.05) is 0 Å². The molecule has 0 spiro atoms. The maximum absolute atomic E-state index is 10.3. The van der Waals surface area contributed by atoms with Crippen molar-refractivity contribution in [3.05, 3.63) is 0 Å². The second-order valence-electron chi connectivity index (χ2n) is 13.8. The molecule has 264 valence electrons. The van der Waals surface area contributed by atoms with E-state index in [4.69, 9.17) is 5.73 Å². The number of hydrogen-bond donors (Lipinski definition) is 4. The minimum atomic E-state index is -4.36. The van der Waals surface area contributed by atoms with E-state index in [0.717, 1.165) is 45.1 Å². The number of nitrogens with two attached hydrogens (primary N) is 1. The molecule has 0 aromatic rings.